The summed E-state index contributed by atoms with van der Waals surface area (Å²) >= 11 is 6.59. The summed E-state index contributed by atoms with van der Waals surface area (Å²) in [6, 6.07) is 28.6. The monoisotopic (exact) mass is 675 g/mol. The topological polar surface area (TPSA) is 96.0 Å². The number of ether oxygens (including phenoxy) is 1. The molecule has 8 nitrogen and oxygen atoms in total. The summed E-state index contributed by atoms with van der Waals surface area (Å²) in [4.78, 5) is 30.1. The number of benzene rings is 4. The summed E-state index contributed by atoms with van der Waals surface area (Å²) in [6.07, 6.45) is 0.901. The van der Waals surface area contributed by atoms with Gasteiger partial charge in [-0.25, -0.2) is 8.42 Å². The minimum absolute atomic E-state index is 0.0184. The molecular formula is C37H42ClN3O5S. The molecule has 0 radical (unpaired) electrons. The third kappa shape index (κ3) is 9.14. The Morgan fingerprint density at radius 1 is 0.872 bits per heavy atom. The van der Waals surface area contributed by atoms with Gasteiger partial charge < -0.3 is 15.0 Å². The van der Waals surface area contributed by atoms with E-state index in [4.69, 9.17) is 16.3 Å². The number of nitrogens with one attached hydrogen (secondary N) is 1. The zero-order chi connectivity index (χ0) is 34.0. The Morgan fingerprint density at radius 2 is 1.51 bits per heavy atom. The normalized spacial score (nSPS) is 12.5. The molecule has 4 aromatic rings. The fraction of sp³-hybridized carbons (Fsp3) is 0.297. The molecule has 0 saturated carbocycles. The molecule has 0 aliphatic rings. The summed E-state index contributed by atoms with van der Waals surface area (Å²) in [5.74, 6) is -0.607. The van der Waals surface area contributed by atoms with E-state index in [1.165, 1.54) is 17.0 Å². The number of aryl methyl sites for hydroxylation is 1. The van der Waals surface area contributed by atoms with Crippen LogP contribution in [0, 0.1) is 6.92 Å². The summed E-state index contributed by atoms with van der Waals surface area (Å²) in [7, 11) is -4.27. The first-order valence-electron chi connectivity index (χ1n) is 15.7. The fourth-order valence-electron chi connectivity index (χ4n) is 5.10. The molecular weight excluding hydrogens is 634 g/mol. The number of rotatable bonds is 15. The average molecular weight is 676 g/mol. The number of carbonyl (C=O) groups is 2. The van der Waals surface area contributed by atoms with Gasteiger partial charge in [0.2, 0.25) is 11.8 Å². The van der Waals surface area contributed by atoms with Gasteiger partial charge in [-0.05, 0) is 68.7 Å². The van der Waals surface area contributed by atoms with Gasteiger partial charge in [-0.3, -0.25) is 13.9 Å². The SMILES string of the molecule is CCOc1ccccc1N(CC(=O)N(Cc1ccccc1Cl)C(Cc1ccccc1)C(=O)NC(C)CC)S(=O)(=O)c1ccc(C)cc1. The maximum absolute atomic E-state index is 14.7. The maximum Gasteiger partial charge on any atom is 0.264 e. The number of carbonyl (C=O) groups excluding carboxylic acids is 2. The van der Waals surface area contributed by atoms with Gasteiger partial charge in [0.15, 0.2) is 0 Å². The summed E-state index contributed by atoms with van der Waals surface area (Å²) in [6.45, 7) is 7.22. The third-order valence-corrected chi connectivity index (χ3v) is 10.0. The molecule has 0 spiro atoms. The quantitative estimate of drug-likeness (QED) is 0.150. The molecule has 10 heteroatoms. The molecule has 2 atom stereocenters. The van der Waals surface area contributed by atoms with Crippen LogP contribution in [0.15, 0.2) is 108 Å². The number of sulfonamides is 1. The van der Waals surface area contributed by atoms with E-state index in [1.807, 2.05) is 57.2 Å². The number of nitrogens with zero attached hydrogens (tertiary/aromatic N) is 2. The van der Waals surface area contributed by atoms with Crippen molar-refractivity contribution < 1.29 is 22.7 Å². The van der Waals surface area contributed by atoms with Gasteiger partial charge >= 0.3 is 0 Å². The minimum atomic E-state index is -4.27. The van der Waals surface area contributed by atoms with Crippen LogP contribution in [-0.4, -0.2) is 50.4 Å². The highest BCUT2D eigenvalue weighted by molar-refractivity contribution is 7.92. The lowest BCUT2D eigenvalue weighted by molar-refractivity contribution is -0.140. The predicted molar refractivity (Wildman–Crippen MR) is 187 cm³/mol. The molecule has 0 fully saturated rings. The van der Waals surface area contributed by atoms with Gasteiger partial charge in [0.25, 0.3) is 10.0 Å². The van der Waals surface area contributed by atoms with Gasteiger partial charge in [0, 0.05) is 24.0 Å². The summed E-state index contributed by atoms with van der Waals surface area (Å²) in [5.41, 5.74) is 2.58. The lowest BCUT2D eigenvalue weighted by Crippen LogP contribution is -2.54. The second-order valence-electron chi connectivity index (χ2n) is 11.4. The Balaban J connectivity index is 1.85. The Labute approximate surface area is 283 Å². The number of amides is 2. The van der Waals surface area contributed by atoms with Crippen molar-refractivity contribution in [2.24, 2.45) is 0 Å². The van der Waals surface area contributed by atoms with Crippen molar-refractivity contribution in [3.63, 3.8) is 0 Å². The van der Waals surface area contributed by atoms with Crippen LogP contribution in [0.25, 0.3) is 0 Å². The molecule has 0 aliphatic carbocycles. The molecule has 0 heterocycles. The standard InChI is InChI=1S/C37H42ClN3O5S/c1-5-28(4)39-37(43)34(24-29-14-8-7-9-15-29)40(25-30-16-10-11-17-32(30)38)36(42)26-41(33-18-12-13-19-35(33)46-6-2)47(44,45)31-22-20-27(3)21-23-31/h7-23,28,34H,5-6,24-26H2,1-4H3,(H,39,43). The lowest BCUT2D eigenvalue weighted by atomic mass is 10.0. The van der Waals surface area contributed by atoms with E-state index >= 15 is 0 Å². The van der Waals surface area contributed by atoms with Crippen LogP contribution >= 0.6 is 11.6 Å². The number of halogens is 1. The largest absolute Gasteiger partial charge is 0.492 e. The molecule has 0 aromatic heterocycles. The maximum atomic E-state index is 14.7. The van der Waals surface area contributed by atoms with Crippen molar-refractivity contribution in [3.05, 3.63) is 125 Å². The average Bonchev–Trinajstić information content (AvgIpc) is 3.07. The predicted octanol–water partition coefficient (Wildman–Crippen LogP) is 6.80. The van der Waals surface area contributed by atoms with Crippen LogP contribution < -0.4 is 14.4 Å². The first-order valence-corrected chi connectivity index (χ1v) is 17.5. The van der Waals surface area contributed by atoms with Crippen molar-refractivity contribution in [2.75, 3.05) is 17.5 Å². The van der Waals surface area contributed by atoms with E-state index in [2.05, 4.69) is 5.32 Å². The Hall–Kier alpha value is -4.34. The first-order chi connectivity index (χ1) is 22.5. The fourth-order valence-corrected chi connectivity index (χ4v) is 6.72. The minimum Gasteiger partial charge on any atom is -0.492 e. The molecule has 0 saturated heterocycles. The van der Waals surface area contributed by atoms with Crippen LogP contribution in [0.4, 0.5) is 5.69 Å². The van der Waals surface area contributed by atoms with Crippen molar-refractivity contribution in [1.29, 1.82) is 0 Å². The lowest BCUT2D eigenvalue weighted by Gasteiger charge is -2.34. The van der Waals surface area contributed by atoms with E-state index in [0.717, 1.165) is 15.4 Å². The van der Waals surface area contributed by atoms with Crippen LogP contribution in [0.2, 0.25) is 5.02 Å². The highest BCUT2D eigenvalue weighted by atomic mass is 35.5. The summed E-state index contributed by atoms with van der Waals surface area (Å²) < 4.78 is 35.6. The van der Waals surface area contributed by atoms with E-state index in [0.29, 0.717) is 22.8 Å². The first kappa shape index (κ1) is 35.5. The zero-order valence-corrected chi connectivity index (χ0v) is 28.8. The van der Waals surface area contributed by atoms with E-state index in [9.17, 15) is 18.0 Å². The van der Waals surface area contributed by atoms with Gasteiger partial charge in [-0.1, -0.05) is 96.9 Å². The molecule has 0 aliphatic heterocycles. The highest BCUT2D eigenvalue weighted by Crippen LogP contribution is 2.33. The molecule has 4 aromatic carbocycles. The van der Waals surface area contributed by atoms with E-state index in [-0.39, 0.29) is 42.1 Å². The van der Waals surface area contributed by atoms with Crippen molar-refractivity contribution in [2.45, 2.75) is 64.1 Å². The second kappa shape index (κ2) is 16.5. The van der Waals surface area contributed by atoms with E-state index in [1.54, 1.807) is 61.5 Å². The van der Waals surface area contributed by atoms with Gasteiger partial charge in [-0.15, -0.1) is 0 Å². The Kier molecular flexibility index (Phi) is 12.4. The molecule has 248 valence electrons. The number of anilines is 1. The highest BCUT2D eigenvalue weighted by Gasteiger charge is 2.36. The van der Waals surface area contributed by atoms with Crippen molar-refractivity contribution in [3.8, 4) is 5.75 Å². The second-order valence-corrected chi connectivity index (χ2v) is 13.6. The van der Waals surface area contributed by atoms with E-state index < -0.39 is 28.5 Å². The van der Waals surface area contributed by atoms with Crippen molar-refractivity contribution >= 4 is 39.1 Å². The molecule has 47 heavy (non-hydrogen) atoms. The van der Waals surface area contributed by atoms with Crippen LogP contribution in [0.3, 0.4) is 0 Å². The Morgan fingerprint density at radius 3 is 2.17 bits per heavy atom. The number of para-hydroxylation sites is 2. The number of hydrogen-bond donors (Lipinski definition) is 1. The van der Waals surface area contributed by atoms with Gasteiger partial charge in [0.05, 0.1) is 17.2 Å². The van der Waals surface area contributed by atoms with Crippen LogP contribution in [0.1, 0.15) is 43.9 Å². The Bertz CT molecular complexity index is 1750. The van der Waals surface area contributed by atoms with Crippen molar-refractivity contribution in [1.82, 2.24) is 10.2 Å². The van der Waals surface area contributed by atoms with Gasteiger partial charge in [-0.2, -0.15) is 0 Å². The van der Waals surface area contributed by atoms with Crippen LogP contribution in [-0.2, 0) is 32.6 Å². The van der Waals surface area contributed by atoms with Gasteiger partial charge in [0.1, 0.15) is 18.3 Å². The molecule has 0 bridgehead atoms. The summed E-state index contributed by atoms with van der Waals surface area (Å²) in [5, 5.41) is 3.47. The zero-order valence-electron chi connectivity index (χ0n) is 27.2. The third-order valence-electron chi connectivity index (χ3n) is 7.89. The molecule has 2 amide bonds. The van der Waals surface area contributed by atoms with Crippen LogP contribution in [0.5, 0.6) is 5.75 Å². The molecule has 1 N–H and O–H groups in total. The number of hydrogen-bond acceptors (Lipinski definition) is 5. The molecule has 2 unspecified atom stereocenters. The smallest absolute Gasteiger partial charge is 0.264 e. The molecule has 4 rings (SSSR count).